The lowest BCUT2D eigenvalue weighted by Crippen LogP contribution is -2.25. The molecule has 5 rings (SSSR count). The fourth-order valence-electron chi connectivity index (χ4n) is 4.27. The van der Waals surface area contributed by atoms with Crippen LogP contribution in [0.5, 0.6) is 23.0 Å². The van der Waals surface area contributed by atoms with Gasteiger partial charge in [0.25, 0.3) is 0 Å². The van der Waals surface area contributed by atoms with Crippen molar-refractivity contribution in [1.82, 2.24) is 4.90 Å². The van der Waals surface area contributed by atoms with Gasteiger partial charge in [-0.05, 0) is 80.0 Å². The first kappa shape index (κ1) is 22.9. The molecule has 1 aliphatic heterocycles. The zero-order valence-corrected chi connectivity index (χ0v) is 19.5. The minimum atomic E-state index is -0.589. The number of methoxy groups -OCH3 is 1. The summed E-state index contributed by atoms with van der Waals surface area (Å²) in [6.45, 7) is 3.81. The molecule has 0 aliphatic carbocycles. The molecule has 1 saturated heterocycles. The molecule has 0 atom stereocenters. The predicted molar refractivity (Wildman–Crippen MR) is 132 cm³/mol. The van der Waals surface area contributed by atoms with E-state index in [1.54, 1.807) is 37.4 Å². The fourth-order valence-corrected chi connectivity index (χ4v) is 4.27. The Hall–Kier alpha value is -3.84. The van der Waals surface area contributed by atoms with Crippen molar-refractivity contribution in [2.45, 2.75) is 12.8 Å². The Bertz CT molecular complexity index is 1360. The molecule has 1 aromatic heterocycles. The van der Waals surface area contributed by atoms with Gasteiger partial charge in [0.2, 0.25) is 0 Å². The minimum Gasteiger partial charge on any atom is -0.497 e. The molecule has 1 fully saturated rings. The van der Waals surface area contributed by atoms with Gasteiger partial charge in [0, 0.05) is 12.6 Å². The van der Waals surface area contributed by atoms with Gasteiger partial charge in [-0.25, -0.2) is 9.18 Å². The second kappa shape index (κ2) is 10.2. The molecule has 2 heterocycles. The number of likely N-dealkylation sites (tertiary alicyclic amines) is 1. The van der Waals surface area contributed by atoms with Crippen molar-refractivity contribution in [3.8, 4) is 34.1 Å². The quantitative estimate of drug-likeness (QED) is 0.297. The number of hydrogen-bond donors (Lipinski definition) is 0. The van der Waals surface area contributed by atoms with E-state index in [1.807, 2.05) is 12.1 Å². The Labute approximate surface area is 202 Å². The largest absolute Gasteiger partial charge is 0.497 e. The average Bonchev–Trinajstić information content (AvgIpc) is 3.39. The van der Waals surface area contributed by atoms with Crippen LogP contribution in [0.2, 0.25) is 0 Å². The SMILES string of the molecule is COc1ccc2c(Oc3ccc(OCCN4CCCC4)cc3)c(-c3ccc(F)cc3)c(=O)oc2c1. The Morgan fingerprint density at radius 2 is 1.60 bits per heavy atom. The van der Waals surface area contributed by atoms with Gasteiger partial charge in [0.1, 0.15) is 40.8 Å². The van der Waals surface area contributed by atoms with Crippen LogP contribution in [0, 0.1) is 5.82 Å². The molecule has 6 nitrogen and oxygen atoms in total. The van der Waals surface area contributed by atoms with Crippen LogP contribution in [-0.4, -0.2) is 38.3 Å². The zero-order valence-electron chi connectivity index (χ0n) is 19.5. The van der Waals surface area contributed by atoms with Crippen molar-refractivity contribution in [3.63, 3.8) is 0 Å². The van der Waals surface area contributed by atoms with E-state index in [4.69, 9.17) is 18.6 Å². The Morgan fingerprint density at radius 3 is 2.31 bits per heavy atom. The Morgan fingerprint density at radius 1 is 0.914 bits per heavy atom. The van der Waals surface area contributed by atoms with E-state index in [9.17, 15) is 9.18 Å². The highest BCUT2D eigenvalue weighted by molar-refractivity contribution is 5.91. The Balaban J connectivity index is 1.45. The van der Waals surface area contributed by atoms with E-state index < -0.39 is 11.4 Å². The van der Waals surface area contributed by atoms with Gasteiger partial charge in [-0.1, -0.05) is 12.1 Å². The average molecular weight is 476 g/mol. The third kappa shape index (κ3) is 5.15. The number of rotatable bonds is 8. The summed E-state index contributed by atoms with van der Waals surface area (Å²) in [4.78, 5) is 15.4. The molecule has 0 saturated carbocycles. The molecule has 35 heavy (non-hydrogen) atoms. The van der Waals surface area contributed by atoms with E-state index in [0.29, 0.717) is 40.4 Å². The standard InChI is InChI=1S/C28H26FNO5/c1-32-23-12-13-24-25(18-23)35-28(31)26(19-4-6-20(29)7-5-19)27(24)34-22-10-8-21(9-11-22)33-17-16-30-14-2-3-15-30/h4-13,18H,2-3,14-17H2,1H3. The van der Waals surface area contributed by atoms with E-state index in [0.717, 1.165) is 25.4 Å². The van der Waals surface area contributed by atoms with Gasteiger partial charge in [0.15, 0.2) is 5.75 Å². The van der Waals surface area contributed by atoms with E-state index in [2.05, 4.69) is 4.90 Å². The highest BCUT2D eigenvalue weighted by Gasteiger charge is 2.20. The first-order chi connectivity index (χ1) is 17.1. The highest BCUT2D eigenvalue weighted by Crippen LogP contribution is 2.38. The molecule has 0 spiro atoms. The second-order valence-corrected chi connectivity index (χ2v) is 8.43. The van der Waals surface area contributed by atoms with Gasteiger partial charge < -0.3 is 18.6 Å². The first-order valence-electron chi connectivity index (χ1n) is 11.6. The van der Waals surface area contributed by atoms with Crippen LogP contribution in [0.15, 0.2) is 75.9 Å². The van der Waals surface area contributed by atoms with Crippen molar-refractivity contribution in [2.75, 3.05) is 33.4 Å². The number of hydrogen-bond acceptors (Lipinski definition) is 6. The zero-order chi connectivity index (χ0) is 24.2. The van der Waals surface area contributed by atoms with E-state index >= 15 is 0 Å². The van der Waals surface area contributed by atoms with Crippen LogP contribution in [0.1, 0.15) is 12.8 Å². The second-order valence-electron chi connectivity index (χ2n) is 8.43. The number of nitrogens with zero attached hydrogens (tertiary/aromatic N) is 1. The third-order valence-electron chi connectivity index (χ3n) is 6.12. The lowest BCUT2D eigenvalue weighted by atomic mass is 10.0. The van der Waals surface area contributed by atoms with Gasteiger partial charge in [-0.2, -0.15) is 0 Å². The number of halogens is 1. The molecule has 0 radical (unpaired) electrons. The minimum absolute atomic E-state index is 0.216. The van der Waals surface area contributed by atoms with E-state index in [-0.39, 0.29) is 5.56 Å². The summed E-state index contributed by atoms with van der Waals surface area (Å²) in [5, 5.41) is 0.593. The lowest BCUT2D eigenvalue weighted by Gasteiger charge is -2.16. The molecule has 0 amide bonds. The van der Waals surface area contributed by atoms with Crippen LogP contribution >= 0.6 is 0 Å². The summed E-state index contributed by atoms with van der Waals surface area (Å²) < 4.78 is 36.5. The van der Waals surface area contributed by atoms with Gasteiger partial charge in [-0.15, -0.1) is 0 Å². The molecular formula is C28H26FNO5. The molecule has 0 bridgehead atoms. The lowest BCUT2D eigenvalue weighted by molar-refractivity contribution is 0.237. The van der Waals surface area contributed by atoms with Crippen molar-refractivity contribution in [3.05, 3.63) is 83.0 Å². The third-order valence-corrected chi connectivity index (χ3v) is 6.12. The van der Waals surface area contributed by atoms with Crippen molar-refractivity contribution in [1.29, 1.82) is 0 Å². The summed E-state index contributed by atoms with van der Waals surface area (Å²) in [5.74, 6) is 1.76. The topological polar surface area (TPSA) is 61.1 Å². The molecular weight excluding hydrogens is 449 g/mol. The van der Waals surface area contributed by atoms with Crippen LogP contribution in [-0.2, 0) is 0 Å². The van der Waals surface area contributed by atoms with Crippen molar-refractivity contribution in [2.24, 2.45) is 0 Å². The summed E-state index contributed by atoms with van der Waals surface area (Å²) in [5.41, 5.74) is 0.453. The molecule has 0 N–H and O–H groups in total. The fraction of sp³-hybridized carbons (Fsp3) is 0.250. The molecule has 4 aromatic rings. The molecule has 180 valence electrons. The maximum absolute atomic E-state index is 13.5. The number of ether oxygens (including phenoxy) is 3. The summed E-state index contributed by atoms with van der Waals surface area (Å²) in [6, 6.07) is 18.1. The smallest absolute Gasteiger partial charge is 0.348 e. The van der Waals surface area contributed by atoms with E-state index in [1.165, 1.54) is 37.1 Å². The predicted octanol–water partition coefficient (Wildman–Crippen LogP) is 5.87. The van der Waals surface area contributed by atoms with Crippen LogP contribution < -0.4 is 19.8 Å². The molecule has 3 aromatic carbocycles. The maximum Gasteiger partial charge on any atom is 0.348 e. The first-order valence-corrected chi connectivity index (χ1v) is 11.6. The summed E-state index contributed by atoms with van der Waals surface area (Å²) >= 11 is 0. The molecule has 1 aliphatic rings. The summed E-state index contributed by atoms with van der Waals surface area (Å²) in [6.07, 6.45) is 2.51. The Kier molecular flexibility index (Phi) is 6.68. The highest BCUT2D eigenvalue weighted by atomic mass is 19.1. The van der Waals surface area contributed by atoms with Crippen LogP contribution in [0.25, 0.3) is 22.1 Å². The summed E-state index contributed by atoms with van der Waals surface area (Å²) in [7, 11) is 1.54. The normalized spacial score (nSPS) is 13.8. The molecule has 0 unspecified atom stereocenters. The number of benzene rings is 3. The van der Waals surface area contributed by atoms with Gasteiger partial charge in [-0.3, -0.25) is 4.90 Å². The maximum atomic E-state index is 13.5. The van der Waals surface area contributed by atoms with Crippen LogP contribution in [0.4, 0.5) is 4.39 Å². The van der Waals surface area contributed by atoms with Gasteiger partial charge >= 0.3 is 5.63 Å². The van der Waals surface area contributed by atoms with Crippen LogP contribution in [0.3, 0.4) is 0 Å². The van der Waals surface area contributed by atoms with Gasteiger partial charge in [0.05, 0.1) is 12.5 Å². The number of fused-ring (bicyclic) bond motifs is 1. The molecule has 7 heteroatoms. The van der Waals surface area contributed by atoms with Crippen molar-refractivity contribution < 1.29 is 23.0 Å². The van der Waals surface area contributed by atoms with Crippen molar-refractivity contribution >= 4 is 11.0 Å². The monoisotopic (exact) mass is 475 g/mol.